The molecular formula is C98H134Cl2N28O12. The Morgan fingerprint density at radius 1 is 0.371 bits per heavy atom. The van der Waals surface area contributed by atoms with E-state index in [1.807, 2.05) is 39.8 Å². The van der Waals surface area contributed by atoms with Crippen LogP contribution >= 0.6 is 23.2 Å². The Hall–Kier alpha value is -13.5. The van der Waals surface area contributed by atoms with Gasteiger partial charge in [-0.2, -0.15) is 19.9 Å². The highest BCUT2D eigenvalue weighted by molar-refractivity contribution is 6.27. The van der Waals surface area contributed by atoms with E-state index in [0.29, 0.717) is 182 Å². The molecule has 752 valence electrons. The molecule has 10 heterocycles. The summed E-state index contributed by atoms with van der Waals surface area (Å²) in [7, 11) is 14.6. The van der Waals surface area contributed by atoms with Crippen molar-refractivity contribution in [3.05, 3.63) is 167 Å². The molecule has 8 amide bonds. The van der Waals surface area contributed by atoms with Crippen LogP contribution in [-0.2, 0) is 19.2 Å². The minimum absolute atomic E-state index is 0.00106. The van der Waals surface area contributed by atoms with Crippen molar-refractivity contribution in [2.24, 2.45) is 0 Å². The first-order valence-corrected chi connectivity index (χ1v) is 48.2. The molecule has 6 aliphatic heterocycles. The molecule has 42 heteroatoms. The smallest absolute Gasteiger partial charge is 0.251 e. The highest BCUT2D eigenvalue weighted by Gasteiger charge is 2.30. The summed E-state index contributed by atoms with van der Waals surface area (Å²) in [6.07, 6.45) is 17.1. The van der Waals surface area contributed by atoms with Crippen molar-refractivity contribution in [2.45, 2.75) is 103 Å². The number of hydrogen-bond acceptors (Lipinski definition) is 32. The van der Waals surface area contributed by atoms with Crippen molar-refractivity contribution in [3.63, 3.8) is 0 Å². The fourth-order valence-corrected chi connectivity index (χ4v) is 16.6. The van der Waals surface area contributed by atoms with E-state index in [1.54, 1.807) is 124 Å². The number of rotatable bonds is 34. The highest BCUT2D eigenvalue weighted by Crippen LogP contribution is 2.35. The van der Waals surface area contributed by atoms with Gasteiger partial charge in [0.05, 0.1) is 51.2 Å². The SMILES string of the molecule is C=CC(=O)N1CCN(c2nc(Nc3ccc(C(=O)NC4CCN(C)CC4)cc3OC)ncc2C)CC1.C=CC(=O)NCCNc1nc(Nc2ccc(C(=O)NC3CCN(C)CC3)cc2OC)ncc1C.COc1cc(C(=O)NC2CCN(C)CC2)ccc1Nc1ncc(C)c(N2CCN(C(=O)CCl)CC2)n1.COc1cc(C(=O)NC2CCN(C)CC2)ccc1Nc1ncc(C)c(NCCNC(=O)CCl)n1. The zero-order valence-electron chi connectivity index (χ0n) is 82.1. The molecule has 0 spiro atoms. The molecule has 12 N–H and O–H groups in total. The van der Waals surface area contributed by atoms with Gasteiger partial charge in [-0.1, -0.05) is 13.2 Å². The second-order valence-corrected chi connectivity index (χ2v) is 35.6. The van der Waals surface area contributed by atoms with Gasteiger partial charge in [-0.25, -0.2) is 19.9 Å². The number of piperazine rings is 2. The first-order valence-electron chi connectivity index (χ1n) is 47.1. The number of carbonyl (C=O) groups is 8. The average molecular weight is 1970 g/mol. The van der Waals surface area contributed by atoms with E-state index in [1.165, 1.54) is 12.2 Å². The lowest BCUT2D eigenvalue weighted by atomic mass is 10.0. The summed E-state index contributed by atoms with van der Waals surface area (Å²) in [6.45, 7) is 29.6. The van der Waals surface area contributed by atoms with E-state index in [9.17, 15) is 38.4 Å². The maximum atomic E-state index is 12.8. The van der Waals surface area contributed by atoms with Crippen molar-refractivity contribution < 1.29 is 57.3 Å². The number of methoxy groups -OCH3 is 4. The van der Waals surface area contributed by atoms with E-state index in [0.717, 1.165) is 138 Å². The van der Waals surface area contributed by atoms with E-state index in [4.69, 9.17) is 52.1 Å². The lowest BCUT2D eigenvalue weighted by Crippen LogP contribution is -2.49. The predicted octanol–water partition coefficient (Wildman–Crippen LogP) is 8.65. The van der Waals surface area contributed by atoms with Gasteiger partial charge in [0, 0.05) is 172 Å². The molecule has 6 fully saturated rings. The predicted molar refractivity (Wildman–Crippen MR) is 547 cm³/mol. The van der Waals surface area contributed by atoms with Crippen LogP contribution in [0.3, 0.4) is 0 Å². The molecule has 4 aromatic heterocycles. The van der Waals surface area contributed by atoms with Crippen molar-refractivity contribution in [3.8, 4) is 23.0 Å². The lowest BCUT2D eigenvalue weighted by molar-refractivity contribution is -0.129. The molecule has 6 saturated heterocycles. The zero-order chi connectivity index (χ0) is 100. The number of likely N-dealkylation sites (tertiary alicyclic amines) is 4. The van der Waals surface area contributed by atoms with Gasteiger partial charge in [-0.15, -0.1) is 23.2 Å². The van der Waals surface area contributed by atoms with Crippen LogP contribution in [-0.4, -0.2) is 340 Å². The van der Waals surface area contributed by atoms with Gasteiger partial charge >= 0.3 is 0 Å². The molecule has 8 aromatic rings. The maximum Gasteiger partial charge on any atom is 0.251 e. The number of carbonyl (C=O) groups excluding carboxylic acids is 8. The van der Waals surface area contributed by atoms with Gasteiger partial charge < -0.3 is 122 Å². The number of nitrogens with zero attached hydrogens (tertiary/aromatic N) is 16. The first-order chi connectivity index (χ1) is 67.5. The van der Waals surface area contributed by atoms with Crippen LogP contribution in [0.25, 0.3) is 0 Å². The minimum atomic E-state index is -0.223. The average Bonchev–Trinajstić information content (AvgIpc) is 0.802. The third-order valence-electron chi connectivity index (χ3n) is 24.8. The molecule has 140 heavy (non-hydrogen) atoms. The number of aromatic nitrogens is 8. The van der Waals surface area contributed by atoms with E-state index >= 15 is 0 Å². The molecular weight excluding hydrogens is 1830 g/mol. The van der Waals surface area contributed by atoms with Crippen molar-refractivity contribution in [2.75, 3.05) is 241 Å². The number of amides is 8. The minimum Gasteiger partial charge on any atom is -0.495 e. The number of nitrogens with one attached hydrogen (secondary N) is 12. The standard InChI is InChI=1S/C26H35N7O3.C25H34ClN7O3.C24H33N7O3.C23H32ClN7O3/c1-5-23(34)32-12-14-33(15-13-32)24-18(2)17-27-26(30-24)29-21-7-6-19(16-22(21)36-4)25(35)28-20-8-10-31(3)11-9-20;1-17-16-27-25(30-23(17)33-12-10-32(11-13-33)22(34)15-26)29-20-5-4-18(14-21(20)36-3)24(35)28-19-6-8-31(2)9-7-19;1-5-21(32)25-10-11-26-22-16(2)15-27-24(30-22)29-19-7-6-17(14-20(19)34-4)23(33)28-18-8-12-31(3)13-9-18;1-15-14-27-23(30-21(15)26-9-8-25-20(32)13-24)29-18-5-4-16(12-19(18)34-3)22(33)28-17-6-10-31(2)11-7-17/h5-7,16-17,20H,1,8-15H2,2-4H3,(H,28,35)(H,27,29,30);4-5,14,16,19H,6-13,15H2,1-3H3,(H,28,35)(H,27,29,30);5-7,14-15,18H,1,8-13H2,2-4H3,(H,25,32)(H,28,33)(H2,26,27,29,30);4-5,12,14,17H,6-11,13H2,1-3H3,(H,25,32)(H,28,33)(H2,26,27,29,30). The second kappa shape index (κ2) is 53.6. The van der Waals surface area contributed by atoms with Gasteiger partial charge in [0.1, 0.15) is 58.0 Å². The van der Waals surface area contributed by atoms with Gasteiger partial charge in [0.25, 0.3) is 23.6 Å². The monoisotopic (exact) mass is 1970 g/mol. The fourth-order valence-electron chi connectivity index (χ4n) is 16.3. The third-order valence-corrected chi connectivity index (χ3v) is 25.2. The number of anilines is 12. The molecule has 0 aliphatic carbocycles. The van der Waals surface area contributed by atoms with E-state index < -0.39 is 0 Å². The molecule has 14 rings (SSSR count). The molecule has 4 aromatic carbocycles. The van der Waals surface area contributed by atoms with Gasteiger partial charge in [0.2, 0.25) is 47.4 Å². The molecule has 0 unspecified atom stereocenters. The van der Waals surface area contributed by atoms with E-state index in [2.05, 4.69) is 164 Å². The Labute approximate surface area is 828 Å². The van der Waals surface area contributed by atoms with Crippen molar-refractivity contribution >= 4 is 140 Å². The van der Waals surface area contributed by atoms with Crippen LogP contribution in [0.2, 0.25) is 0 Å². The Morgan fingerprint density at radius 2 is 0.664 bits per heavy atom. The van der Waals surface area contributed by atoms with Crippen LogP contribution in [0.4, 0.5) is 69.8 Å². The normalized spacial score (nSPS) is 15.7. The number of aryl methyl sites for hydroxylation is 4. The second-order valence-electron chi connectivity index (χ2n) is 35.1. The Balaban J connectivity index is 0.000000179. The number of ether oxygens (including phenoxy) is 4. The van der Waals surface area contributed by atoms with Crippen LogP contribution in [0.1, 0.15) is 115 Å². The van der Waals surface area contributed by atoms with Crippen molar-refractivity contribution in [1.29, 1.82) is 0 Å². The molecule has 40 nitrogen and oxygen atoms in total. The van der Waals surface area contributed by atoms with Gasteiger partial charge in [-0.05, 0) is 245 Å². The summed E-state index contributed by atoms with van der Waals surface area (Å²) in [5.41, 5.74) is 8.43. The summed E-state index contributed by atoms with van der Waals surface area (Å²) < 4.78 is 22.1. The van der Waals surface area contributed by atoms with Crippen LogP contribution in [0.5, 0.6) is 23.0 Å². The third kappa shape index (κ3) is 31.7. The summed E-state index contributed by atoms with van der Waals surface area (Å²) in [5, 5.41) is 37.0. The first kappa shape index (κ1) is 107. The molecule has 0 atom stereocenters. The number of halogens is 2. The van der Waals surface area contributed by atoms with Crippen LogP contribution < -0.4 is 92.5 Å². The van der Waals surface area contributed by atoms with Gasteiger partial charge in [0.15, 0.2) is 0 Å². The van der Waals surface area contributed by atoms with Crippen molar-refractivity contribution in [1.82, 2.24) is 101 Å². The quantitative estimate of drug-likeness (QED) is 0.0102. The Kier molecular flexibility index (Phi) is 40.9. The van der Waals surface area contributed by atoms with Gasteiger partial charge in [-0.3, -0.25) is 38.4 Å². The molecule has 0 bridgehead atoms. The summed E-state index contributed by atoms with van der Waals surface area (Å²) in [6, 6.07) is 21.9. The van der Waals surface area contributed by atoms with E-state index in [-0.39, 0.29) is 83.2 Å². The number of alkyl halides is 2. The summed E-state index contributed by atoms with van der Waals surface area (Å²) >= 11 is 11.2. The maximum absolute atomic E-state index is 12.8. The Bertz CT molecular complexity index is 5540. The topological polar surface area (TPSA) is 447 Å². The highest BCUT2D eigenvalue weighted by atomic mass is 35.5. The molecule has 6 aliphatic rings. The number of benzene rings is 4. The number of piperidine rings is 4. The Morgan fingerprint density at radius 3 is 0.950 bits per heavy atom. The lowest BCUT2D eigenvalue weighted by Gasteiger charge is -2.35. The molecule has 0 radical (unpaired) electrons. The number of hydrogen-bond donors (Lipinski definition) is 12. The molecule has 0 saturated carbocycles. The fraction of sp³-hybridized carbons (Fsp3) is 0.469. The zero-order valence-corrected chi connectivity index (χ0v) is 83.7. The summed E-state index contributed by atoms with van der Waals surface area (Å²) in [4.78, 5) is 150. The van der Waals surface area contributed by atoms with Crippen LogP contribution in [0, 0.1) is 27.7 Å². The van der Waals surface area contributed by atoms with Crippen LogP contribution in [0.15, 0.2) is 123 Å². The summed E-state index contributed by atoms with van der Waals surface area (Å²) in [5.74, 6) is 5.62. The largest absolute Gasteiger partial charge is 0.495 e.